The number of para-hydroxylation sites is 2. The fourth-order valence-electron chi connectivity index (χ4n) is 3.11. The van der Waals surface area contributed by atoms with Gasteiger partial charge in [-0.3, -0.25) is 0 Å². The maximum absolute atomic E-state index is 13.1. The Hall–Kier alpha value is -2.79. The Balaban J connectivity index is 1.88. The van der Waals surface area contributed by atoms with Gasteiger partial charge >= 0.3 is 6.18 Å². The van der Waals surface area contributed by atoms with Crippen molar-refractivity contribution in [3.63, 3.8) is 0 Å². The monoisotopic (exact) mass is 386 g/mol. The van der Waals surface area contributed by atoms with Crippen molar-refractivity contribution >= 4 is 22.6 Å². The van der Waals surface area contributed by atoms with Crippen molar-refractivity contribution in [3.05, 3.63) is 88.9 Å². The maximum Gasteiger partial charge on any atom is 0.416 e. The molecule has 136 valence electrons. The van der Waals surface area contributed by atoms with E-state index in [2.05, 4.69) is 4.98 Å². The highest BCUT2D eigenvalue weighted by atomic mass is 35.5. The fourth-order valence-corrected chi connectivity index (χ4v) is 3.32. The van der Waals surface area contributed by atoms with Crippen LogP contribution in [-0.4, -0.2) is 9.55 Å². The predicted molar refractivity (Wildman–Crippen MR) is 101 cm³/mol. The van der Waals surface area contributed by atoms with E-state index in [1.807, 2.05) is 47.0 Å². The van der Waals surface area contributed by atoms with Crippen LogP contribution in [0.25, 0.3) is 22.4 Å². The first-order valence-corrected chi connectivity index (χ1v) is 8.67. The normalized spacial score (nSPS) is 11.9. The maximum atomic E-state index is 13.1. The number of rotatable bonds is 3. The largest absolute Gasteiger partial charge is 0.416 e. The predicted octanol–water partition coefficient (Wildman–Crippen LogP) is 6.42. The van der Waals surface area contributed by atoms with Gasteiger partial charge in [0.15, 0.2) is 0 Å². The SMILES string of the molecule is FC(F)(F)c1cccc(-c2nc3ccccc3n2Cc2cccc(Cl)c2)c1. The van der Waals surface area contributed by atoms with Crippen LogP contribution in [0.15, 0.2) is 72.8 Å². The second-order valence-corrected chi connectivity index (χ2v) is 6.66. The van der Waals surface area contributed by atoms with E-state index >= 15 is 0 Å². The minimum absolute atomic E-state index is 0.419. The molecule has 0 aliphatic carbocycles. The second kappa shape index (κ2) is 6.74. The van der Waals surface area contributed by atoms with Crippen molar-refractivity contribution in [1.29, 1.82) is 0 Å². The van der Waals surface area contributed by atoms with Crippen LogP contribution in [-0.2, 0) is 12.7 Å². The van der Waals surface area contributed by atoms with Gasteiger partial charge in [0.2, 0.25) is 0 Å². The molecule has 3 aromatic carbocycles. The summed E-state index contributed by atoms with van der Waals surface area (Å²) in [7, 11) is 0. The van der Waals surface area contributed by atoms with E-state index in [0.717, 1.165) is 28.7 Å². The Bertz CT molecular complexity index is 1120. The van der Waals surface area contributed by atoms with Crippen LogP contribution in [0, 0.1) is 0 Å². The Morgan fingerprint density at radius 1 is 0.889 bits per heavy atom. The summed E-state index contributed by atoms with van der Waals surface area (Å²) in [5, 5.41) is 0.609. The van der Waals surface area contributed by atoms with E-state index in [9.17, 15) is 13.2 Å². The molecule has 4 rings (SSSR count). The van der Waals surface area contributed by atoms with Crippen LogP contribution in [0.3, 0.4) is 0 Å². The molecule has 0 spiro atoms. The Kier molecular flexibility index (Phi) is 4.40. The first kappa shape index (κ1) is 17.6. The number of aromatic nitrogens is 2. The van der Waals surface area contributed by atoms with Crippen LogP contribution >= 0.6 is 11.6 Å². The summed E-state index contributed by atoms with van der Waals surface area (Å²) in [5.41, 5.74) is 2.25. The molecule has 6 heteroatoms. The lowest BCUT2D eigenvalue weighted by molar-refractivity contribution is -0.137. The topological polar surface area (TPSA) is 17.8 Å². The first-order valence-electron chi connectivity index (χ1n) is 8.29. The van der Waals surface area contributed by atoms with Crippen molar-refractivity contribution in [2.45, 2.75) is 12.7 Å². The molecule has 0 atom stereocenters. The zero-order chi connectivity index (χ0) is 19.0. The summed E-state index contributed by atoms with van der Waals surface area (Å²) >= 11 is 6.08. The molecule has 0 unspecified atom stereocenters. The van der Waals surface area contributed by atoms with Gasteiger partial charge in [-0.05, 0) is 42.0 Å². The number of fused-ring (bicyclic) bond motifs is 1. The molecule has 0 radical (unpaired) electrons. The summed E-state index contributed by atoms with van der Waals surface area (Å²) in [6, 6.07) is 20.1. The molecule has 0 aliphatic heterocycles. The summed E-state index contributed by atoms with van der Waals surface area (Å²) in [6.07, 6.45) is -4.40. The van der Waals surface area contributed by atoms with E-state index < -0.39 is 11.7 Å². The summed E-state index contributed by atoms with van der Waals surface area (Å²) in [5.74, 6) is 0.488. The zero-order valence-electron chi connectivity index (χ0n) is 14.0. The quantitative estimate of drug-likeness (QED) is 0.397. The Morgan fingerprint density at radius 3 is 2.44 bits per heavy atom. The van der Waals surface area contributed by atoms with Gasteiger partial charge < -0.3 is 4.57 Å². The number of hydrogen-bond donors (Lipinski definition) is 0. The standard InChI is InChI=1S/C21H14ClF3N2/c22-17-8-3-5-14(11-17)13-27-19-10-2-1-9-18(19)26-20(27)15-6-4-7-16(12-15)21(23,24)25/h1-12H,13H2. The van der Waals surface area contributed by atoms with E-state index in [4.69, 9.17) is 11.6 Å². The molecule has 0 aliphatic rings. The lowest BCUT2D eigenvalue weighted by atomic mass is 10.1. The molecule has 27 heavy (non-hydrogen) atoms. The van der Waals surface area contributed by atoms with Gasteiger partial charge in [-0.2, -0.15) is 13.2 Å². The van der Waals surface area contributed by atoms with Crippen molar-refractivity contribution in [1.82, 2.24) is 9.55 Å². The summed E-state index contributed by atoms with van der Waals surface area (Å²) < 4.78 is 41.3. The molecule has 0 saturated carbocycles. The fraction of sp³-hybridized carbons (Fsp3) is 0.0952. The molecule has 0 fully saturated rings. The molecule has 1 heterocycles. The number of hydrogen-bond acceptors (Lipinski definition) is 1. The molecule has 0 saturated heterocycles. The number of alkyl halides is 3. The first-order chi connectivity index (χ1) is 12.9. The summed E-state index contributed by atoms with van der Waals surface area (Å²) in [6.45, 7) is 0.451. The zero-order valence-corrected chi connectivity index (χ0v) is 14.8. The van der Waals surface area contributed by atoms with E-state index in [-0.39, 0.29) is 0 Å². The van der Waals surface area contributed by atoms with Gasteiger partial charge in [0.1, 0.15) is 5.82 Å². The van der Waals surface area contributed by atoms with Crippen LogP contribution in [0.4, 0.5) is 13.2 Å². The third-order valence-electron chi connectivity index (χ3n) is 4.33. The smallest absolute Gasteiger partial charge is 0.319 e. The third-order valence-corrected chi connectivity index (χ3v) is 4.57. The van der Waals surface area contributed by atoms with Gasteiger partial charge in [-0.25, -0.2) is 4.98 Å². The van der Waals surface area contributed by atoms with Crippen molar-refractivity contribution in [3.8, 4) is 11.4 Å². The Morgan fingerprint density at radius 2 is 1.67 bits per heavy atom. The van der Waals surface area contributed by atoms with E-state index in [1.165, 1.54) is 6.07 Å². The molecule has 0 N–H and O–H groups in total. The number of benzene rings is 3. The molecular formula is C21H14ClF3N2. The van der Waals surface area contributed by atoms with Crippen LogP contribution < -0.4 is 0 Å². The molecular weight excluding hydrogens is 373 g/mol. The molecule has 0 amide bonds. The van der Waals surface area contributed by atoms with Gasteiger partial charge in [0.25, 0.3) is 0 Å². The average Bonchev–Trinajstić information content (AvgIpc) is 3.00. The van der Waals surface area contributed by atoms with Gasteiger partial charge in [-0.1, -0.05) is 48.0 Å². The van der Waals surface area contributed by atoms with Crippen LogP contribution in [0.5, 0.6) is 0 Å². The highest BCUT2D eigenvalue weighted by molar-refractivity contribution is 6.30. The molecule has 4 aromatic rings. The number of halogens is 4. The van der Waals surface area contributed by atoms with E-state index in [0.29, 0.717) is 23.0 Å². The number of nitrogens with zero attached hydrogens (tertiary/aromatic N) is 2. The van der Waals surface area contributed by atoms with Gasteiger partial charge in [-0.15, -0.1) is 0 Å². The van der Waals surface area contributed by atoms with Crippen molar-refractivity contribution < 1.29 is 13.2 Å². The van der Waals surface area contributed by atoms with Crippen molar-refractivity contribution in [2.75, 3.05) is 0 Å². The lowest BCUT2D eigenvalue weighted by Crippen LogP contribution is -2.06. The molecule has 0 bridgehead atoms. The second-order valence-electron chi connectivity index (χ2n) is 6.22. The number of imidazole rings is 1. The minimum Gasteiger partial charge on any atom is -0.319 e. The lowest BCUT2D eigenvalue weighted by Gasteiger charge is -2.12. The molecule has 2 nitrogen and oxygen atoms in total. The summed E-state index contributed by atoms with van der Waals surface area (Å²) in [4.78, 5) is 4.59. The van der Waals surface area contributed by atoms with Crippen LogP contribution in [0.1, 0.15) is 11.1 Å². The van der Waals surface area contributed by atoms with Gasteiger partial charge in [0, 0.05) is 17.1 Å². The third kappa shape index (κ3) is 3.55. The Labute approximate surface area is 158 Å². The average molecular weight is 387 g/mol. The van der Waals surface area contributed by atoms with E-state index in [1.54, 1.807) is 12.1 Å². The highest BCUT2D eigenvalue weighted by Gasteiger charge is 2.30. The highest BCUT2D eigenvalue weighted by Crippen LogP contribution is 2.33. The molecule has 1 aromatic heterocycles. The minimum atomic E-state index is -4.40. The van der Waals surface area contributed by atoms with Crippen LogP contribution in [0.2, 0.25) is 5.02 Å². The van der Waals surface area contributed by atoms with Crippen molar-refractivity contribution in [2.24, 2.45) is 0 Å². The van der Waals surface area contributed by atoms with Gasteiger partial charge in [0.05, 0.1) is 16.6 Å².